The van der Waals surface area contributed by atoms with Crippen molar-refractivity contribution >= 4 is 28.4 Å². The molecule has 0 spiro atoms. The molecule has 0 aliphatic heterocycles. The lowest BCUT2D eigenvalue weighted by Gasteiger charge is -2.13. The third kappa shape index (κ3) is 5.96. The first-order valence-corrected chi connectivity index (χ1v) is 11.5. The Morgan fingerprint density at radius 3 is 2.38 bits per heavy atom. The van der Waals surface area contributed by atoms with Crippen molar-refractivity contribution in [2.75, 3.05) is 12.4 Å². The van der Waals surface area contributed by atoms with Crippen molar-refractivity contribution in [1.29, 1.82) is 0 Å². The molecule has 2 N–H and O–H groups in total. The van der Waals surface area contributed by atoms with Gasteiger partial charge in [0.05, 0.1) is 18.0 Å². The molecule has 0 fully saturated rings. The van der Waals surface area contributed by atoms with Crippen molar-refractivity contribution in [3.05, 3.63) is 86.6 Å². The van der Waals surface area contributed by atoms with E-state index < -0.39 is 17.1 Å². The first-order chi connectivity index (χ1) is 16.3. The molecule has 0 bridgehead atoms. The van der Waals surface area contributed by atoms with Crippen LogP contribution in [0.1, 0.15) is 18.1 Å². The quantitative estimate of drug-likeness (QED) is 0.376. The summed E-state index contributed by atoms with van der Waals surface area (Å²) in [5.41, 5.74) is -0.0845. The minimum Gasteiger partial charge on any atom is -0.494 e. The van der Waals surface area contributed by atoms with E-state index >= 15 is 0 Å². The molecule has 1 heterocycles. The molecule has 0 aliphatic rings. The average Bonchev–Trinajstić information content (AvgIpc) is 2.85. The summed E-state index contributed by atoms with van der Waals surface area (Å²) in [5.74, 6) is -0.171. The van der Waals surface area contributed by atoms with Gasteiger partial charge < -0.3 is 15.2 Å². The largest absolute Gasteiger partial charge is 0.494 e. The van der Waals surface area contributed by atoms with Crippen molar-refractivity contribution < 1.29 is 14.6 Å². The van der Waals surface area contributed by atoms with E-state index in [4.69, 9.17) is 4.74 Å². The SMILES string of the molecule is CCOc1ccc(N=C(SCC(=O)NCc2ccccc2)c2c(O)n(C)c(=O)n(C)c2=O)cc1. The lowest BCUT2D eigenvalue weighted by molar-refractivity contribution is -0.118. The van der Waals surface area contributed by atoms with Gasteiger partial charge in [0.1, 0.15) is 16.4 Å². The summed E-state index contributed by atoms with van der Waals surface area (Å²) in [7, 11) is 2.67. The van der Waals surface area contributed by atoms with Crippen LogP contribution in [0.5, 0.6) is 11.6 Å². The van der Waals surface area contributed by atoms with Crippen LogP contribution in [-0.4, -0.2) is 37.6 Å². The van der Waals surface area contributed by atoms with E-state index in [1.165, 1.54) is 14.1 Å². The third-order valence-electron chi connectivity index (χ3n) is 4.90. The fraction of sp³-hybridized carbons (Fsp3) is 0.250. The van der Waals surface area contributed by atoms with Gasteiger partial charge in [-0.3, -0.25) is 18.7 Å². The summed E-state index contributed by atoms with van der Waals surface area (Å²) in [6.07, 6.45) is 0. The van der Waals surface area contributed by atoms with Crippen LogP contribution in [0.15, 0.2) is 69.2 Å². The summed E-state index contributed by atoms with van der Waals surface area (Å²) in [6, 6.07) is 16.3. The Balaban J connectivity index is 1.91. The number of rotatable bonds is 8. The zero-order valence-electron chi connectivity index (χ0n) is 19.1. The Morgan fingerprint density at radius 2 is 1.74 bits per heavy atom. The molecule has 2 aromatic carbocycles. The number of benzene rings is 2. The van der Waals surface area contributed by atoms with Crippen molar-refractivity contribution in [3.8, 4) is 11.6 Å². The number of nitrogens with one attached hydrogen (secondary N) is 1. The standard InChI is InChI=1S/C24H26N4O5S/c1-4-33-18-12-10-17(11-13-18)26-21(20-22(30)27(2)24(32)28(3)23(20)31)34-15-19(29)25-14-16-8-6-5-7-9-16/h5-13,30H,4,14-15H2,1-3H3,(H,25,29). The topological polar surface area (TPSA) is 115 Å². The van der Waals surface area contributed by atoms with Crippen molar-refractivity contribution in [2.24, 2.45) is 19.1 Å². The molecule has 34 heavy (non-hydrogen) atoms. The summed E-state index contributed by atoms with van der Waals surface area (Å²) in [5, 5.41) is 13.5. The van der Waals surface area contributed by atoms with E-state index in [-0.39, 0.29) is 22.3 Å². The number of hydrogen-bond donors (Lipinski definition) is 2. The highest BCUT2D eigenvalue weighted by Crippen LogP contribution is 2.24. The van der Waals surface area contributed by atoms with Gasteiger partial charge >= 0.3 is 5.69 Å². The third-order valence-corrected chi connectivity index (χ3v) is 5.87. The second-order valence-electron chi connectivity index (χ2n) is 7.30. The molecule has 3 aromatic rings. The number of aromatic hydroxyl groups is 1. The van der Waals surface area contributed by atoms with Gasteiger partial charge in [-0.15, -0.1) is 0 Å². The molecule has 9 nitrogen and oxygen atoms in total. The van der Waals surface area contributed by atoms with Gasteiger partial charge in [-0.05, 0) is 36.8 Å². The smallest absolute Gasteiger partial charge is 0.333 e. The number of carbonyl (C=O) groups excluding carboxylic acids is 1. The van der Waals surface area contributed by atoms with Crippen LogP contribution in [0.2, 0.25) is 0 Å². The highest BCUT2D eigenvalue weighted by atomic mass is 32.2. The number of ether oxygens (including phenoxy) is 1. The van der Waals surface area contributed by atoms with Gasteiger partial charge in [0.2, 0.25) is 11.8 Å². The monoisotopic (exact) mass is 482 g/mol. The Kier molecular flexibility index (Phi) is 8.31. The van der Waals surface area contributed by atoms with E-state index in [1.54, 1.807) is 24.3 Å². The first-order valence-electron chi connectivity index (χ1n) is 10.6. The minimum absolute atomic E-state index is 0.0475. The predicted octanol–water partition coefficient (Wildman–Crippen LogP) is 2.32. The Bertz CT molecular complexity index is 1300. The van der Waals surface area contributed by atoms with Crippen molar-refractivity contribution in [3.63, 3.8) is 0 Å². The summed E-state index contributed by atoms with van der Waals surface area (Å²) in [6.45, 7) is 2.75. The van der Waals surface area contributed by atoms with Crippen LogP contribution < -0.4 is 21.3 Å². The Hall–Kier alpha value is -3.79. The van der Waals surface area contributed by atoms with E-state index in [0.29, 0.717) is 24.6 Å². The van der Waals surface area contributed by atoms with Crippen LogP contribution in [0.4, 0.5) is 5.69 Å². The molecular formula is C24H26N4O5S. The number of aromatic nitrogens is 2. The zero-order chi connectivity index (χ0) is 24.7. The number of amides is 1. The molecular weight excluding hydrogens is 456 g/mol. The number of nitrogens with zero attached hydrogens (tertiary/aromatic N) is 3. The van der Waals surface area contributed by atoms with Crippen LogP contribution in [0.25, 0.3) is 0 Å². The van der Waals surface area contributed by atoms with Gasteiger partial charge in [0, 0.05) is 20.6 Å². The lowest BCUT2D eigenvalue weighted by Crippen LogP contribution is -2.39. The highest BCUT2D eigenvalue weighted by molar-refractivity contribution is 8.15. The minimum atomic E-state index is -0.706. The molecule has 0 atom stereocenters. The normalized spacial score (nSPS) is 11.3. The molecule has 0 unspecified atom stereocenters. The highest BCUT2D eigenvalue weighted by Gasteiger charge is 2.21. The van der Waals surface area contributed by atoms with Crippen LogP contribution in [0, 0.1) is 0 Å². The number of carbonyl (C=O) groups is 1. The second kappa shape index (κ2) is 11.4. The van der Waals surface area contributed by atoms with Gasteiger partial charge in [-0.25, -0.2) is 9.79 Å². The molecule has 0 saturated carbocycles. The van der Waals surface area contributed by atoms with Crippen LogP contribution >= 0.6 is 11.8 Å². The maximum Gasteiger partial charge on any atom is 0.333 e. The first kappa shape index (κ1) is 24.8. The van der Waals surface area contributed by atoms with Gasteiger partial charge in [-0.1, -0.05) is 42.1 Å². The van der Waals surface area contributed by atoms with Crippen molar-refractivity contribution in [2.45, 2.75) is 13.5 Å². The molecule has 0 saturated heterocycles. The molecule has 10 heteroatoms. The average molecular weight is 483 g/mol. The van der Waals surface area contributed by atoms with E-state index in [2.05, 4.69) is 10.3 Å². The fourth-order valence-corrected chi connectivity index (χ4v) is 3.93. The zero-order valence-corrected chi connectivity index (χ0v) is 20.0. The van der Waals surface area contributed by atoms with E-state index in [0.717, 1.165) is 26.5 Å². The predicted molar refractivity (Wildman–Crippen MR) is 133 cm³/mol. The molecule has 0 aliphatic carbocycles. The van der Waals surface area contributed by atoms with Crippen LogP contribution in [-0.2, 0) is 25.4 Å². The maximum absolute atomic E-state index is 12.9. The fourth-order valence-electron chi connectivity index (χ4n) is 3.06. The maximum atomic E-state index is 12.9. The van der Waals surface area contributed by atoms with Gasteiger partial charge in [0.15, 0.2) is 0 Å². The molecule has 1 aromatic heterocycles. The summed E-state index contributed by atoms with van der Waals surface area (Å²) >= 11 is 0.997. The van der Waals surface area contributed by atoms with Crippen molar-refractivity contribution in [1.82, 2.24) is 14.5 Å². The van der Waals surface area contributed by atoms with Gasteiger partial charge in [0.25, 0.3) is 5.56 Å². The molecule has 1 amide bonds. The number of hydrogen-bond acceptors (Lipinski definition) is 7. The van der Waals surface area contributed by atoms with E-state index in [9.17, 15) is 19.5 Å². The van der Waals surface area contributed by atoms with Crippen LogP contribution in [0.3, 0.4) is 0 Å². The summed E-state index contributed by atoms with van der Waals surface area (Å²) < 4.78 is 7.28. The lowest BCUT2D eigenvalue weighted by atomic mass is 10.2. The molecule has 0 radical (unpaired) electrons. The van der Waals surface area contributed by atoms with Gasteiger partial charge in [-0.2, -0.15) is 0 Å². The summed E-state index contributed by atoms with van der Waals surface area (Å²) in [4.78, 5) is 42.0. The Labute approximate surface area is 200 Å². The number of thioether (sulfide) groups is 1. The molecule has 3 rings (SSSR count). The number of aliphatic imine (C=N–C) groups is 1. The van der Waals surface area contributed by atoms with E-state index in [1.807, 2.05) is 37.3 Å². The second-order valence-corrected chi connectivity index (χ2v) is 8.26. The Morgan fingerprint density at radius 1 is 1.06 bits per heavy atom. The molecule has 178 valence electrons.